The Hall–Kier alpha value is -1.21. The zero-order chi connectivity index (χ0) is 24.4. The quantitative estimate of drug-likeness (QED) is 0.676. The molecule has 1 aliphatic heterocycles. The highest BCUT2D eigenvalue weighted by atomic mass is 16.5. The van der Waals surface area contributed by atoms with E-state index in [2.05, 4.69) is 18.7 Å². The Morgan fingerprint density at radius 2 is 1.94 bits per heavy atom. The first kappa shape index (κ1) is 24.1. The largest absolute Gasteiger partial charge is 0.431 e. The van der Waals surface area contributed by atoms with E-state index in [1.165, 1.54) is 38.2 Å². The zero-order valence-electron chi connectivity index (χ0n) is 21.6. The molecular formula is C29H44N2O4. The third kappa shape index (κ3) is 3.53. The van der Waals surface area contributed by atoms with Crippen molar-refractivity contribution in [2.45, 2.75) is 95.2 Å². The van der Waals surface area contributed by atoms with Crippen LogP contribution in [0.25, 0.3) is 0 Å². The summed E-state index contributed by atoms with van der Waals surface area (Å²) in [6.07, 6.45) is 11.9. The van der Waals surface area contributed by atoms with Gasteiger partial charge in [0.2, 0.25) is 0 Å². The number of nitrogens with zero attached hydrogens (tertiary/aromatic N) is 1. The molecule has 1 aromatic rings. The van der Waals surface area contributed by atoms with Crippen molar-refractivity contribution in [1.82, 2.24) is 4.90 Å². The van der Waals surface area contributed by atoms with Gasteiger partial charge in [-0.25, -0.2) is 4.79 Å². The van der Waals surface area contributed by atoms with E-state index in [9.17, 15) is 9.90 Å². The van der Waals surface area contributed by atoms with E-state index in [4.69, 9.17) is 14.9 Å². The van der Waals surface area contributed by atoms with Gasteiger partial charge in [-0.05, 0) is 98.5 Å². The van der Waals surface area contributed by atoms with Gasteiger partial charge >= 0.3 is 5.63 Å². The lowest BCUT2D eigenvalue weighted by Gasteiger charge is -2.64. The predicted molar refractivity (Wildman–Crippen MR) is 135 cm³/mol. The normalized spacial score (nSPS) is 48.1. The molecule has 1 aromatic heterocycles. The van der Waals surface area contributed by atoms with Gasteiger partial charge in [-0.2, -0.15) is 0 Å². The maximum Gasteiger partial charge on any atom is 0.335 e. The Morgan fingerprint density at radius 3 is 2.71 bits per heavy atom. The molecule has 6 rings (SSSR count). The van der Waals surface area contributed by atoms with Gasteiger partial charge in [-0.3, -0.25) is 4.90 Å². The molecule has 5 aliphatic rings. The van der Waals surface area contributed by atoms with Crippen LogP contribution in [-0.2, 0) is 4.74 Å². The third-order valence-electron chi connectivity index (χ3n) is 12.0. The molecule has 4 saturated carbocycles. The summed E-state index contributed by atoms with van der Waals surface area (Å²) in [7, 11) is 0. The maximum atomic E-state index is 12.5. The van der Waals surface area contributed by atoms with E-state index in [0.717, 1.165) is 56.9 Å². The summed E-state index contributed by atoms with van der Waals surface area (Å²) in [4.78, 5) is 14.2. The summed E-state index contributed by atoms with van der Waals surface area (Å²) in [5.74, 6) is 1.97. The molecule has 0 radical (unpaired) electrons. The van der Waals surface area contributed by atoms with Crippen LogP contribution in [-0.4, -0.2) is 54.0 Å². The predicted octanol–water partition coefficient (Wildman–Crippen LogP) is 3.91. The molecule has 3 N–H and O–H groups in total. The Kier molecular flexibility index (Phi) is 5.99. The summed E-state index contributed by atoms with van der Waals surface area (Å²) >= 11 is 0. The van der Waals surface area contributed by atoms with Crippen molar-refractivity contribution in [3.8, 4) is 0 Å². The summed E-state index contributed by atoms with van der Waals surface area (Å²) in [6, 6.07) is 4.46. The van der Waals surface area contributed by atoms with Gasteiger partial charge in [-0.1, -0.05) is 13.8 Å². The molecule has 194 valence electrons. The minimum absolute atomic E-state index is 0.156. The van der Waals surface area contributed by atoms with Crippen molar-refractivity contribution in [2.75, 3.05) is 26.3 Å². The lowest BCUT2D eigenvalue weighted by Crippen LogP contribution is -2.63. The lowest BCUT2D eigenvalue weighted by molar-refractivity contribution is -0.205. The smallest absolute Gasteiger partial charge is 0.335 e. The van der Waals surface area contributed by atoms with Crippen LogP contribution in [0.1, 0.15) is 83.1 Å². The van der Waals surface area contributed by atoms with E-state index in [-0.39, 0.29) is 17.0 Å². The SMILES string of the molecule is C[C@]12CC[C@H](N3CCOC[C@H]3CN)C[C@H]1CC[C@@H]1[C@@H]2CC[C@]2(C)[C@@H](c3ccc(=O)oc3)CC[C@]12O. The van der Waals surface area contributed by atoms with Crippen LogP contribution >= 0.6 is 0 Å². The number of fused-ring (bicyclic) bond motifs is 5. The van der Waals surface area contributed by atoms with Gasteiger partial charge in [0.1, 0.15) is 0 Å². The summed E-state index contributed by atoms with van der Waals surface area (Å²) in [6.45, 7) is 8.19. The van der Waals surface area contributed by atoms with Crippen LogP contribution in [0.3, 0.4) is 0 Å². The van der Waals surface area contributed by atoms with Crippen molar-refractivity contribution in [3.05, 3.63) is 34.4 Å². The van der Waals surface area contributed by atoms with E-state index < -0.39 is 5.60 Å². The molecule has 0 amide bonds. The average Bonchev–Trinajstić information content (AvgIpc) is 3.15. The van der Waals surface area contributed by atoms with Crippen LogP contribution in [0.4, 0.5) is 0 Å². The Bertz CT molecular complexity index is 977. The first-order chi connectivity index (χ1) is 16.8. The van der Waals surface area contributed by atoms with Crippen molar-refractivity contribution < 1.29 is 14.3 Å². The van der Waals surface area contributed by atoms with Crippen LogP contribution in [0.5, 0.6) is 0 Å². The molecule has 0 aromatic carbocycles. The highest BCUT2D eigenvalue weighted by molar-refractivity contribution is 5.27. The average molecular weight is 485 g/mol. The van der Waals surface area contributed by atoms with E-state index in [0.29, 0.717) is 35.9 Å². The van der Waals surface area contributed by atoms with Gasteiger partial charge in [0.15, 0.2) is 0 Å². The minimum atomic E-state index is -0.629. The van der Waals surface area contributed by atoms with Crippen LogP contribution < -0.4 is 11.4 Å². The highest BCUT2D eigenvalue weighted by Gasteiger charge is 2.67. The van der Waals surface area contributed by atoms with Crippen LogP contribution in [0, 0.1) is 28.6 Å². The lowest BCUT2D eigenvalue weighted by atomic mass is 9.43. The molecule has 6 heteroatoms. The fourth-order valence-corrected chi connectivity index (χ4v) is 9.96. The molecule has 9 atom stereocenters. The molecule has 6 nitrogen and oxygen atoms in total. The van der Waals surface area contributed by atoms with Crippen LogP contribution in [0.15, 0.2) is 27.6 Å². The third-order valence-corrected chi connectivity index (χ3v) is 12.0. The molecule has 35 heavy (non-hydrogen) atoms. The van der Waals surface area contributed by atoms with Crippen molar-refractivity contribution >= 4 is 0 Å². The first-order valence-electron chi connectivity index (χ1n) is 14.1. The number of aliphatic hydroxyl groups is 1. The van der Waals surface area contributed by atoms with Crippen molar-refractivity contribution in [1.29, 1.82) is 0 Å². The van der Waals surface area contributed by atoms with Gasteiger partial charge in [0, 0.05) is 36.7 Å². The number of rotatable bonds is 3. The number of ether oxygens (including phenoxy) is 1. The Labute approximate surface area is 209 Å². The Balaban J connectivity index is 1.23. The summed E-state index contributed by atoms with van der Waals surface area (Å²) in [5.41, 5.74) is 6.43. The molecule has 2 heterocycles. The number of morpholine rings is 1. The van der Waals surface area contributed by atoms with Gasteiger partial charge in [-0.15, -0.1) is 0 Å². The monoisotopic (exact) mass is 484 g/mol. The van der Waals surface area contributed by atoms with Crippen molar-refractivity contribution in [2.24, 2.45) is 34.3 Å². The molecule has 5 fully saturated rings. The minimum Gasteiger partial charge on any atom is -0.431 e. The second-order valence-electron chi connectivity index (χ2n) is 13.0. The fourth-order valence-electron chi connectivity index (χ4n) is 9.96. The molecule has 0 bridgehead atoms. The van der Waals surface area contributed by atoms with E-state index in [1.807, 2.05) is 6.07 Å². The fraction of sp³-hybridized carbons (Fsp3) is 0.828. The molecular weight excluding hydrogens is 440 g/mol. The standard InChI is InChI=1S/C29H44N2O4/c1-27-10-7-21(31-13-14-34-18-22(31)16-30)15-20(27)4-5-25-24(27)8-11-28(2)23(9-12-29(25,28)33)19-3-6-26(32)35-17-19/h3,6,17,20-25,33H,4-5,7-16,18,30H2,1-2H3/t20-,21+,22-,23-,24+,25-,27+,28-,29+/m1/s1. The second kappa shape index (κ2) is 8.68. The van der Waals surface area contributed by atoms with E-state index in [1.54, 1.807) is 6.26 Å². The zero-order valence-corrected chi connectivity index (χ0v) is 21.6. The second-order valence-corrected chi connectivity index (χ2v) is 13.0. The topological polar surface area (TPSA) is 88.9 Å². The molecule has 4 aliphatic carbocycles. The van der Waals surface area contributed by atoms with Crippen LogP contribution in [0.2, 0.25) is 0 Å². The first-order valence-corrected chi connectivity index (χ1v) is 14.1. The van der Waals surface area contributed by atoms with Gasteiger partial charge < -0.3 is 20.0 Å². The van der Waals surface area contributed by atoms with Gasteiger partial charge in [0.05, 0.1) is 25.1 Å². The highest BCUT2D eigenvalue weighted by Crippen LogP contribution is 2.70. The molecule has 0 spiro atoms. The summed E-state index contributed by atoms with van der Waals surface area (Å²) < 4.78 is 11.0. The Morgan fingerprint density at radius 1 is 1.09 bits per heavy atom. The number of hydrogen-bond acceptors (Lipinski definition) is 6. The number of nitrogens with two attached hydrogens (primary N) is 1. The molecule has 0 unspecified atom stereocenters. The van der Waals surface area contributed by atoms with Gasteiger partial charge in [0.25, 0.3) is 0 Å². The van der Waals surface area contributed by atoms with E-state index >= 15 is 0 Å². The van der Waals surface area contributed by atoms with Crippen molar-refractivity contribution in [3.63, 3.8) is 0 Å². The summed E-state index contributed by atoms with van der Waals surface area (Å²) in [5, 5.41) is 12.5. The number of hydrogen-bond donors (Lipinski definition) is 2. The molecule has 1 saturated heterocycles. The maximum absolute atomic E-state index is 12.5.